The highest BCUT2D eigenvalue weighted by molar-refractivity contribution is 6.06. The molecule has 0 spiro atoms. The van der Waals surface area contributed by atoms with E-state index in [1.807, 2.05) is 31.3 Å². The predicted octanol–water partition coefficient (Wildman–Crippen LogP) is 3.42. The molecule has 1 aromatic heterocycles. The molecule has 0 saturated heterocycles. The number of carbonyl (C=O) groups is 1. The van der Waals surface area contributed by atoms with E-state index in [0.29, 0.717) is 5.92 Å². The first-order valence-electron chi connectivity index (χ1n) is 6.83. The minimum Gasteiger partial charge on any atom is -0.478 e. The second-order valence-corrected chi connectivity index (χ2v) is 5.45. The number of nitrogens with zero attached hydrogens (tertiary/aromatic N) is 2. The lowest BCUT2D eigenvalue weighted by Crippen LogP contribution is -2.21. The van der Waals surface area contributed by atoms with Crippen LogP contribution in [-0.2, 0) is 0 Å². The van der Waals surface area contributed by atoms with Crippen molar-refractivity contribution >= 4 is 22.6 Å². The lowest BCUT2D eigenvalue weighted by molar-refractivity contribution is 0.0698. The van der Waals surface area contributed by atoms with Crippen LogP contribution in [0.2, 0.25) is 0 Å². The molecule has 0 saturated carbocycles. The number of hydrogen-bond donors (Lipinski definition) is 1. The molecule has 1 heterocycles. The van der Waals surface area contributed by atoms with E-state index in [0.717, 1.165) is 29.6 Å². The molecule has 0 radical (unpaired) electrons. The van der Waals surface area contributed by atoms with Gasteiger partial charge < -0.3 is 10.0 Å². The Morgan fingerprint density at radius 3 is 2.55 bits per heavy atom. The van der Waals surface area contributed by atoms with Gasteiger partial charge in [0.05, 0.1) is 5.56 Å². The first kappa shape index (κ1) is 14.3. The first-order valence-corrected chi connectivity index (χ1v) is 6.83. The van der Waals surface area contributed by atoms with E-state index >= 15 is 0 Å². The Bertz CT molecular complexity index is 623. The molecule has 0 aliphatic rings. The van der Waals surface area contributed by atoms with E-state index in [9.17, 15) is 9.90 Å². The van der Waals surface area contributed by atoms with E-state index in [-0.39, 0.29) is 5.56 Å². The van der Waals surface area contributed by atoms with E-state index in [1.165, 1.54) is 6.20 Å². The van der Waals surface area contributed by atoms with Crippen LogP contribution in [0.1, 0.15) is 30.6 Å². The van der Waals surface area contributed by atoms with Gasteiger partial charge in [-0.3, -0.25) is 0 Å². The summed E-state index contributed by atoms with van der Waals surface area (Å²) in [5.41, 5.74) is 0.251. The molecule has 0 bridgehead atoms. The number of carboxylic acid groups (broad SMARTS) is 1. The summed E-state index contributed by atoms with van der Waals surface area (Å²) in [7, 11) is 2.00. The van der Waals surface area contributed by atoms with E-state index < -0.39 is 5.97 Å². The molecule has 0 fully saturated rings. The van der Waals surface area contributed by atoms with Gasteiger partial charge in [0.2, 0.25) is 0 Å². The molecule has 1 aromatic carbocycles. The third kappa shape index (κ3) is 2.90. The van der Waals surface area contributed by atoms with Crippen molar-refractivity contribution in [1.82, 2.24) is 4.98 Å². The van der Waals surface area contributed by atoms with Crippen molar-refractivity contribution in [2.75, 3.05) is 18.5 Å². The van der Waals surface area contributed by atoms with Crippen molar-refractivity contribution in [3.63, 3.8) is 0 Å². The van der Waals surface area contributed by atoms with Crippen molar-refractivity contribution in [3.8, 4) is 0 Å². The van der Waals surface area contributed by atoms with Crippen LogP contribution in [0.15, 0.2) is 30.5 Å². The highest BCUT2D eigenvalue weighted by atomic mass is 16.4. The smallest absolute Gasteiger partial charge is 0.337 e. The van der Waals surface area contributed by atoms with Gasteiger partial charge in [0, 0.05) is 30.6 Å². The first-order chi connectivity index (χ1) is 9.50. The molecule has 4 heteroatoms. The third-order valence-electron chi connectivity index (χ3n) is 3.41. The average Bonchev–Trinajstić information content (AvgIpc) is 2.43. The summed E-state index contributed by atoms with van der Waals surface area (Å²) in [5, 5.41) is 10.9. The van der Waals surface area contributed by atoms with Crippen molar-refractivity contribution < 1.29 is 9.90 Å². The van der Waals surface area contributed by atoms with Crippen LogP contribution in [0.3, 0.4) is 0 Å². The molecule has 1 N–H and O–H groups in total. The number of rotatable bonds is 5. The lowest BCUT2D eigenvalue weighted by atomic mass is 10.1. The maximum atomic E-state index is 11.3. The standard InChI is InChI=1S/C16H20N2O2/c1-11(2)8-9-18(3)15-13-7-5-4-6-12(13)14(10-17-15)16(19)20/h4-7,10-11H,8-9H2,1-3H3,(H,19,20). The van der Waals surface area contributed by atoms with Gasteiger partial charge in [0.15, 0.2) is 0 Å². The maximum Gasteiger partial charge on any atom is 0.337 e. The van der Waals surface area contributed by atoms with Crippen LogP contribution in [0.5, 0.6) is 0 Å². The average molecular weight is 272 g/mol. The number of aromatic carboxylic acids is 1. The fourth-order valence-electron chi connectivity index (χ4n) is 2.21. The fourth-order valence-corrected chi connectivity index (χ4v) is 2.21. The molecular weight excluding hydrogens is 252 g/mol. The summed E-state index contributed by atoms with van der Waals surface area (Å²) in [6.07, 6.45) is 2.53. The Balaban J connectivity index is 2.45. The normalized spacial score (nSPS) is 11.0. The minimum absolute atomic E-state index is 0.251. The van der Waals surface area contributed by atoms with Crippen LogP contribution in [0.4, 0.5) is 5.82 Å². The lowest BCUT2D eigenvalue weighted by Gasteiger charge is -2.21. The van der Waals surface area contributed by atoms with Gasteiger partial charge in [-0.1, -0.05) is 38.1 Å². The second kappa shape index (κ2) is 5.90. The Labute approximate surface area is 119 Å². The van der Waals surface area contributed by atoms with Gasteiger partial charge in [0.25, 0.3) is 0 Å². The Hall–Kier alpha value is -2.10. The minimum atomic E-state index is -0.940. The highest BCUT2D eigenvalue weighted by Crippen LogP contribution is 2.26. The van der Waals surface area contributed by atoms with Gasteiger partial charge in [-0.25, -0.2) is 9.78 Å². The quantitative estimate of drug-likeness (QED) is 0.906. The van der Waals surface area contributed by atoms with Gasteiger partial charge in [-0.2, -0.15) is 0 Å². The number of anilines is 1. The molecule has 4 nitrogen and oxygen atoms in total. The molecule has 0 aliphatic heterocycles. The molecule has 2 aromatic rings. The Kier molecular flexibility index (Phi) is 4.23. The molecular formula is C16H20N2O2. The van der Waals surface area contributed by atoms with Gasteiger partial charge in [0.1, 0.15) is 5.82 Å². The zero-order chi connectivity index (χ0) is 14.7. The van der Waals surface area contributed by atoms with Crippen LogP contribution >= 0.6 is 0 Å². The predicted molar refractivity (Wildman–Crippen MR) is 81.4 cm³/mol. The van der Waals surface area contributed by atoms with Gasteiger partial charge >= 0.3 is 5.97 Å². The van der Waals surface area contributed by atoms with Crippen molar-refractivity contribution in [3.05, 3.63) is 36.0 Å². The summed E-state index contributed by atoms with van der Waals surface area (Å²) in [6.45, 7) is 5.28. The van der Waals surface area contributed by atoms with E-state index in [4.69, 9.17) is 0 Å². The largest absolute Gasteiger partial charge is 0.478 e. The number of aromatic nitrogens is 1. The van der Waals surface area contributed by atoms with Gasteiger partial charge in [-0.05, 0) is 12.3 Å². The van der Waals surface area contributed by atoms with E-state index in [2.05, 4.69) is 23.7 Å². The van der Waals surface area contributed by atoms with Gasteiger partial charge in [-0.15, -0.1) is 0 Å². The fraction of sp³-hybridized carbons (Fsp3) is 0.375. The third-order valence-corrected chi connectivity index (χ3v) is 3.41. The molecule has 0 atom stereocenters. The SMILES string of the molecule is CC(C)CCN(C)c1ncc(C(=O)O)c2ccccc12. The molecule has 0 unspecified atom stereocenters. The summed E-state index contributed by atoms with van der Waals surface area (Å²) in [6, 6.07) is 7.53. The Morgan fingerprint density at radius 1 is 1.30 bits per heavy atom. The molecule has 0 aliphatic carbocycles. The highest BCUT2D eigenvalue weighted by Gasteiger charge is 2.14. The molecule has 106 valence electrons. The molecule has 20 heavy (non-hydrogen) atoms. The number of carboxylic acids is 1. The van der Waals surface area contributed by atoms with Crippen LogP contribution < -0.4 is 4.90 Å². The zero-order valence-corrected chi connectivity index (χ0v) is 12.1. The zero-order valence-electron chi connectivity index (χ0n) is 12.1. The van der Waals surface area contributed by atoms with Crippen LogP contribution in [-0.4, -0.2) is 29.7 Å². The van der Waals surface area contributed by atoms with Crippen molar-refractivity contribution in [2.24, 2.45) is 5.92 Å². The number of benzene rings is 1. The summed E-state index contributed by atoms with van der Waals surface area (Å²) < 4.78 is 0. The number of pyridine rings is 1. The second-order valence-electron chi connectivity index (χ2n) is 5.45. The van der Waals surface area contributed by atoms with Crippen molar-refractivity contribution in [2.45, 2.75) is 20.3 Å². The van der Waals surface area contributed by atoms with Crippen LogP contribution in [0, 0.1) is 5.92 Å². The molecule has 2 rings (SSSR count). The number of hydrogen-bond acceptors (Lipinski definition) is 3. The number of fused-ring (bicyclic) bond motifs is 1. The monoisotopic (exact) mass is 272 g/mol. The van der Waals surface area contributed by atoms with E-state index in [1.54, 1.807) is 0 Å². The summed E-state index contributed by atoms with van der Waals surface area (Å²) in [5.74, 6) is 0.526. The molecule has 0 amide bonds. The maximum absolute atomic E-state index is 11.3. The van der Waals surface area contributed by atoms with Crippen molar-refractivity contribution in [1.29, 1.82) is 0 Å². The summed E-state index contributed by atoms with van der Waals surface area (Å²) in [4.78, 5) is 17.7. The van der Waals surface area contributed by atoms with Crippen LogP contribution in [0.25, 0.3) is 10.8 Å². The topological polar surface area (TPSA) is 53.4 Å². The summed E-state index contributed by atoms with van der Waals surface area (Å²) >= 11 is 0. The Morgan fingerprint density at radius 2 is 1.95 bits per heavy atom.